The fourth-order valence-corrected chi connectivity index (χ4v) is 5.57. The highest BCUT2D eigenvalue weighted by molar-refractivity contribution is 7.98. The number of carbonyl (C=O) groups is 1. The third-order valence-corrected chi connectivity index (χ3v) is 8.14. The number of hydrogen-bond donors (Lipinski definition) is 1. The van der Waals surface area contributed by atoms with Crippen molar-refractivity contribution in [2.75, 3.05) is 37.6 Å². The molecule has 0 unspecified atom stereocenters. The average molecular weight is 565 g/mol. The molecule has 5 rings (SSSR count). The second-order valence-electron chi connectivity index (χ2n) is 10.2. The van der Waals surface area contributed by atoms with E-state index in [9.17, 15) is 4.79 Å². The molecular weight excluding hydrogens is 528 g/mol. The number of hydrogen-bond acceptors (Lipinski definition) is 7. The van der Waals surface area contributed by atoms with E-state index in [-0.39, 0.29) is 5.91 Å². The van der Waals surface area contributed by atoms with Crippen LogP contribution < -0.4 is 10.2 Å². The first-order valence-electron chi connectivity index (χ1n) is 14.0. The van der Waals surface area contributed by atoms with Gasteiger partial charge in [0.1, 0.15) is 5.82 Å². The topological polar surface area (TPSA) is 74.2 Å². The van der Waals surface area contributed by atoms with Crippen LogP contribution in [-0.2, 0) is 12.3 Å². The summed E-state index contributed by atoms with van der Waals surface area (Å²) in [7, 11) is 0. The van der Waals surface area contributed by atoms with E-state index in [2.05, 4.69) is 70.4 Å². The number of carbonyl (C=O) groups excluding carboxylic acids is 1. The van der Waals surface area contributed by atoms with Crippen molar-refractivity contribution < 1.29 is 4.79 Å². The summed E-state index contributed by atoms with van der Waals surface area (Å²) in [5, 5.41) is 3.74. The summed E-state index contributed by atoms with van der Waals surface area (Å²) < 4.78 is 0. The minimum Gasteiger partial charge on any atom is -0.354 e. The third kappa shape index (κ3) is 8.02. The lowest BCUT2D eigenvalue weighted by Gasteiger charge is -2.35. The zero-order valence-corrected chi connectivity index (χ0v) is 24.5. The predicted octanol–water partition coefficient (Wildman–Crippen LogP) is 5.55. The molecule has 8 heteroatoms. The summed E-state index contributed by atoms with van der Waals surface area (Å²) in [5.41, 5.74) is 6.05. The summed E-state index contributed by atoms with van der Waals surface area (Å²) in [6.07, 6.45) is 7.93. The number of thioether (sulfide) groups is 1. The van der Waals surface area contributed by atoms with Crippen LogP contribution in [0.2, 0.25) is 0 Å². The van der Waals surface area contributed by atoms with Crippen molar-refractivity contribution in [1.29, 1.82) is 0 Å². The van der Waals surface area contributed by atoms with Crippen molar-refractivity contribution in [3.8, 4) is 0 Å². The van der Waals surface area contributed by atoms with Crippen LogP contribution in [0.3, 0.4) is 0 Å². The smallest absolute Gasteiger partial charge is 0.251 e. The molecule has 1 aliphatic heterocycles. The van der Waals surface area contributed by atoms with Gasteiger partial charge in [0.05, 0.1) is 0 Å². The summed E-state index contributed by atoms with van der Waals surface area (Å²) in [5.74, 6) is 1.62. The lowest BCUT2D eigenvalue weighted by molar-refractivity contribution is 0.0951. The number of amides is 1. The fraction of sp³-hybridized carbons (Fsp3) is 0.273. The van der Waals surface area contributed by atoms with E-state index in [1.165, 1.54) is 5.56 Å². The quantitative estimate of drug-likeness (QED) is 0.200. The van der Waals surface area contributed by atoms with E-state index >= 15 is 0 Å². The Morgan fingerprint density at radius 1 is 0.951 bits per heavy atom. The van der Waals surface area contributed by atoms with Crippen molar-refractivity contribution in [3.63, 3.8) is 0 Å². The molecule has 0 aliphatic carbocycles. The monoisotopic (exact) mass is 564 g/mol. The Morgan fingerprint density at radius 2 is 1.76 bits per heavy atom. The normalized spacial score (nSPS) is 14.0. The molecule has 2 aromatic carbocycles. The van der Waals surface area contributed by atoms with Crippen LogP contribution >= 0.6 is 11.8 Å². The number of aromatic nitrogens is 3. The molecule has 4 aromatic rings. The number of aryl methyl sites for hydroxylation is 1. The van der Waals surface area contributed by atoms with Gasteiger partial charge in [-0.3, -0.25) is 14.7 Å². The minimum absolute atomic E-state index is 0.0971. The van der Waals surface area contributed by atoms with Crippen LogP contribution in [0.5, 0.6) is 0 Å². The molecule has 0 bridgehead atoms. The minimum atomic E-state index is -0.0971. The van der Waals surface area contributed by atoms with Crippen molar-refractivity contribution >= 4 is 29.6 Å². The summed E-state index contributed by atoms with van der Waals surface area (Å²) in [6.45, 7) is 9.45. The first kappa shape index (κ1) is 28.5. The Kier molecular flexibility index (Phi) is 9.78. The first-order valence-corrected chi connectivity index (χ1v) is 15.0. The van der Waals surface area contributed by atoms with Gasteiger partial charge in [-0.2, -0.15) is 0 Å². The fourth-order valence-electron chi connectivity index (χ4n) is 4.74. The van der Waals surface area contributed by atoms with Gasteiger partial charge in [0, 0.05) is 74.2 Å². The van der Waals surface area contributed by atoms with Gasteiger partial charge in [-0.15, -0.1) is 0 Å². The average Bonchev–Trinajstić information content (AvgIpc) is 3.02. The highest BCUT2D eigenvalue weighted by Gasteiger charge is 2.21. The SMILES string of the molecule is Cc1nc(SCc2cccc(C(=O)NCc3cccnc3)c2)nc(N2CCN(C/C=C/c3ccccc3)CC2)c1C. The van der Waals surface area contributed by atoms with Crippen LogP contribution in [0.4, 0.5) is 5.82 Å². The van der Waals surface area contributed by atoms with Crippen LogP contribution in [-0.4, -0.2) is 58.5 Å². The zero-order valence-electron chi connectivity index (χ0n) is 23.7. The van der Waals surface area contributed by atoms with Gasteiger partial charge in [0.2, 0.25) is 0 Å². The van der Waals surface area contributed by atoms with Gasteiger partial charge in [0.25, 0.3) is 5.91 Å². The van der Waals surface area contributed by atoms with Gasteiger partial charge in [0.15, 0.2) is 5.16 Å². The highest BCUT2D eigenvalue weighted by atomic mass is 32.2. The molecule has 2 aromatic heterocycles. The number of rotatable bonds is 10. The van der Waals surface area contributed by atoms with Crippen molar-refractivity contribution in [2.45, 2.75) is 31.3 Å². The van der Waals surface area contributed by atoms with Crippen LogP contribution in [0.15, 0.2) is 90.4 Å². The summed E-state index contributed by atoms with van der Waals surface area (Å²) in [6, 6.07) is 22.0. The van der Waals surface area contributed by atoms with Crippen LogP contribution in [0, 0.1) is 13.8 Å². The molecule has 1 N–H and O–H groups in total. The Hall–Kier alpha value is -4.01. The van der Waals surface area contributed by atoms with E-state index < -0.39 is 0 Å². The molecule has 1 saturated heterocycles. The zero-order chi connectivity index (χ0) is 28.4. The van der Waals surface area contributed by atoms with Gasteiger partial charge in [-0.25, -0.2) is 9.97 Å². The molecular formula is C33H36N6OS. The highest BCUT2D eigenvalue weighted by Crippen LogP contribution is 2.27. The number of pyridine rings is 1. The summed E-state index contributed by atoms with van der Waals surface area (Å²) in [4.78, 5) is 31.4. The van der Waals surface area contributed by atoms with Crippen LogP contribution in [0.25, 0.3) is 6.08 Å². The molecule has 1 fully saturated rings. The maximum Gasteiger partial charge on any atom is 0.251 e. The molecule has 1 amide bonds. The lowest BCUT2D eigenvalue weighted by atomic mass is 10.1. The van der Waals surface area contributed by atoms with Gasteiger partial charge < -0.3 is 10.2 Å². The molecule has 0 saturated carbocycles. The number of nitrogens with zero attached hydrogens (tertiary/aromatic N) is 5. The van der Waals surface area contributed by atoms with E-state index in [1.54, 1.807) is 24.2 Å². The van der Waals surface area contributed by atoms with Gasteiger partial charge in [-0.05, 0) is 48.7 Å². The maximum absolute atomic E-state index is 12.7. The molecule has 3 heterocycles. The Bertz CT molecular complexity index is 1470. The number of nitrogens with one attached hydrogen (secondary N) is 1. The van der Waals surface area contributed by atoms with Crippen LogP contribution in [0.1, 0.15) is 38.3 Å². The Labute approximate surface area is 246 Å². The van der Waals surface area contributed by atoms with E-state index in [0.717, 1.165) is 66.1 Å². The summed E-state index contributed by atoms with van der Waals surface area (Å²) >= 11 is 1.61. The second kappa shape index (κ2) is 14.1. The molecule has 0 radical (unpaired) electrons. The van der Waals surface area contributed by atoms with E-state index in [0.29, 0.717) is 17.9 Å². The molecule has 0 atom stereocenters. The Balaban J connectivity index is 1.16. The van der Waals surface area contributed by atoms with Crippen molar-refractivity contribution in [3.05, 3.63) is 119 Å². The molecule has 210 valence electrons. The number of piperazine rings is 1. The largest absolute Gasteiger partial charge is 0.354 e. The first-order chi connectivity index (χ1) is 20.0. The predicted molar refractivity (Wildman–Crippen MR) is 167 cm³/mol. The molecule has 0 spiro atoms. The number of anilines is 1. The van der Waals surface area contributed by atoms with E-state index in [4.69, 9.17) is 9.97 Å². The van der Waals surface area contributed by atoms with Gasteiger partial charge >= 0.3 is 0 Å². The molecule has 7 nitrogen and oxygen atoms in total. The maximum atomic E-state index is 12.7. The standard InChI is InChI=1S/C33H36N6OS/c1-25-26(2)36-33(37-31(25)39-19-17-38(18-20-39)16-8-13-27-9-4-3-5-10-27)41-24-28-11-6-14-30(21-28)32(40)35-23-29-12-7-15-34-22-29/h3-15,21-22H,16-20,23-24H2,1-2H3,(H,35,40)/b13-8+. The third-order valence-electron chi connectivity index (χ3n) is 7.22. The lowest BCUT2D eigenvalue weighted by Crippen LogP contribution is -2.47. The van der Waals surface area contributed by atoms with E-state index in [1.807, 2.05) is 42.5 Å². The van der Waals surface area contributed by atoms with Crippen molar-refractivity contribution in [2.24, 2.45) is 0 Å². The molecule has 41 heavy (non-hydrogen) atoms. The van der Waals surface area contributed by atoms with Crippen molar-refractivity contribution in [1.82, 2.24) is 25.2 Å². The number of benzene rings is 2. The molecule has 1 aliphatic rings. The Morgan fingerprint density at radius 3 is 2.54 bits per heavy atom. The van der Waals surface area contributed by atoms with Gasteiger partial charge in [-0.1, -0.05) is 72.4 Å². The second-order valence-corrected chi connectivity index (χ2v) is 11.1.